The maximum atomic E-state index is 8.56. The fourth-order valence-electron chi connectivity index (χ4n) is 1.07. The molecule has 0 amide bonds. The Bertz CT molecular complexity index is 325. The smallest absolute Gasteiger partial charge is 0.151 e. The van der Waals surface area contributed by atoms with Gasteiger partial charge in [-0.05, 0) is 26.0 Å². The number of aromatic nitrogens is 2. The number of hydrogen-bond donors (Lipinski definition) is 0. The van der Waals surface area contributed by atoms with E-state index in [-0.39, 0.29) is 6.04 Å². The zero-order chi connectivity index (χ0) is 10.6. The lowest BCUT2D eigenvalue weighted by atomic mass is 10.2. The Labute approximate surface area is 84.2 Å². The molecule has 0 aromatic carbocycles. The molecule has 4 nitrogen and oxygen atoms in total. The second-order valence-corrected chi connectivity index (χ2v) is 3.36. The quantitative estimate of drug-likeness (QED) is 0.725. The van der Waals surface area contributed by atoms with Crippen molar-refractivity contribution < 1.29 is 0 Å². The van der Waals surface area contributed by atoms with Crippen LogP contribution in [0.25, 0.3) is 0 Å². The number of rotatable bonds is 3. The SMILES string of the molecule is Cc1ccc(N(C)C(C)CC#N)nn1. The second-order valence-electron chi connectivity index (χ2n) is 3.36. The van der Waals surface area contributed by atoms with Crippen molar-refractivity contribution in [1.29, 1.82) is 5.26 Å². The largest absolute Gasteiger partial charge is 0.354 e. The minimum absolute atomic E-state index is 0.164. The first-order valence-corrected chi connectivity index (χ1v) is 4.55. The summed E-state index contributed by atoms with van der Waals surface area (Å²) in [6.07, 6.45) is 0.492. The zero-order valence-corrected chi connectivity index (χ0v) is 8.73. The standard InChI is InChI=1S/C10H14N4/c1-8-4-5-10(13-12-8)14(3)9(2)6-7-11/h4-5,9H,6H2,1-3H3. The van der Waals surface area contributed by atoms with Gasteiger partial charge < -0.3 is 4.90 Å². The summed E-state index contributed by atoms with van der Waals surface area (Å²) in [5.41, 5.74) is 0.898. The van der Waals surface area contributed by atoms with Gasteiger partial charge in [-0.1, -0.05) is 0 Å². The highest BCUT2D eigenvalue weighted by Crippen LogP contribution is 2.11. The molecule has 1 aromatic heterocycles. The van der Waals surface area contributed by atoms with E-state index in [1.165, 1.54) is 0 Å². The molecule has 0 aliphatic rings. The van der Waals surface area contributed by atoms with E-state index in [1.807, 2.05) is 37.9 Å². The van der Waals surface area contributed by atoms with Gasteiger partial charge in [0.15, 0.2) is 5.82 Å². The van der Waals surface area contributed by atoms with E-state index in [1.54, 1.807) is 0 Å². The first-order chi connectivity index (χ1) is 6.65. The van der Waals surface area contributed by atoms with Crippen LogP contribution in [0.5, 0.6) is 0 Å². The molecule has 0 aliphatic carbocycles. The monoisotopic (exact) mass is 190 g/mol. The lowest BCUT2D eigenvalue weighted by Gasteiger charge is -2.23. The average molecular weight is 190 g/mol. The van der Waals surface area contributed by atoms with Gasteiger partial charge in [0, 0.05) is 13.1 Å². The molecular formula is C10H14N4. The van der Waals surface area contributed by atoms with Gasteiger partial charge in [0.1, 0.15) is 0 Å². The first-order valence-electron chi connectivity index (χ1n) is 4.55. The Kier molecular flexibility index (Phi) is 3.41. The van der Waals surface area contributed by atoms with Crippen LogP contribution < -0.4 is 4.90 Å². The molecule has 4 heteroatoms. The Morgan fingerprint density at radius 3 is 2.71 bits per heavy atom. The van der Waals surface area contributed by atoms with E-state index < -0.39 is 0 Å². The van der Waals surface area contributed by atoms with Crippen LogP contribution in [-0.4, -0.2) is 23.3 Å². The third-order valence-corrected chi connectivity index (χ3v) is 2.19. The van der Waals surface area contributed by atoms with Crippen molar-refractivity contribution in [1.82, 2.24) is 10.2 Å². The van der Waals surface area contributed by atoms with E-state index >= 15 is 0 Å². The third-order valence-electron chi connectivity index (χ3n) is 2.19. The molecule has 0 bridgehead atoms. The topological polar surface area (TPSA) is 52.8 Å². The fraction of sp³-hybridized carbons (Fsp3) is 0.500. The van der Waals surface area contributed by atoms with Crippen molar-refractivity contribution in [2.75, 3.05) is 11.9 Å². The molecule has 1 rings (SSSR count). The Morgan fingerprint density at radius 1 is 1.50 bits per heavy atom. The first kappa shape index (κ1) is 10.5. The van der Waals surface area contributed by atoms with E-state index in [9.17, 15) is 0 Å². The maximum Gasteiger partial charge on any atom is 0.151 e. The highest BCUT2D eigenvalue weighted by Gasteiger charge is 2.10. The van der Waals surface area contributed by atoms with Crippen LogP contribution in [0.1, 0.15) is 19.0 Å². The number of nitriles is 1. The van der Waals surface area contributed by atoms with Crippen LogP contribution in [0, 0.1) is 18.3 Å². The lowest BCUT2D eigenvalue weighted by Crippen LogP contribution is -2.29. The molecular weight excluding hydrogens is 176 g/mol. The Balaban J connectivity index is 2.74. The van der Waals surface area contributed by atoms with Crippen molar-refractivity contribution in [2.24, 2.45) is 0 Å². The van der Waals surface area contributed by atoms with Crippen molar-refractivity contribution >= 4 is 5.82 Å². The van der Waals surface area contributed by atoms with Gasteiger partial charge in [0.2, 0.25) is 0 Å². The Hall–Kier alpha value is -1.63. The van der Waals surface area contributed by atoms with Gasteiger partial charge in [-0.25, -0.2) is 0 Å². The van der Waals surface area contributed by atoms with Gasteiger partial charge in [-0.15, -0.1) is 5.10 Å². The van der Waals surface area contributed by atoms with Crippen LogP contribution in [0.2, 0.25) is 0 Å². The second kappa shape index (κ2) is 4.56. The van der Waals surface area contributed by atoms with E-state index in [0.717, 1.165) is 11.5 Å². The molecule has 0 fully saturated rings. The van der Waals surface area contributed by atoms with Crippen molar-refractivity contribution in [3.63, 3.8) is 0 Å². The molecule has 0 saturated carbocycles. The fourth-order valence-corrected chi connectivity index (χ4v) is 1.07. The summed E-state index contributed by atoms with van der Waals surface area (Å²) in [4.78, 5) is 1.95. The average Bonchev–Trinajstić information content (AvgIpc) is 2.18. The molecule has 1 heterocycles. The summed E-state index contributed by atoms with van der Waals surface area (Å²) in [6.45, 7) is 3.89. The highest BCUT2D eigenvalue weighted by molar-refractivity contribution is 5.37. The van der Waals surface area contributed by atoms with Crippen LogP contribution >= 0.6 is 0 Å². The van der Waals surface area contributed by atoms with Gasteiger partial charge in [0.25, 0.3) is 0 Å². The third kappa shape index (κ3) is 2.43. The minimum Gasteiger partial charge on any atom is -0.354 e. The normalized spacial score (nSPS) is 11.9. The number of aryl methyl sites for hydroxylation is 1. The molecule has 1 aromatic rings. The molecule has 14 heavy (non-hydrogen) atoms. The summed E-state index contributed by atoms with van der Waals surface area (Å²) in [7, 11) is 1.92. The van der Waals surface area contributed by atoms with Gasteiger partial charge in [-0.3, -0.25) is 0 Å². The molecule has 0 spiro atoms. The molecule has 1 atom stereocenters. The van der Waals surface area contributed by atoms with Crippen LogP contribution in [0.15, 0.2) is 12.1 Å². The van der Waals surface area contributed by atoms with Crippen molar-refractivity contribution in [3.05, 3.63) is 17.8 Å². The van der Waals surface area contributed by atoms with Crippen LogP contribution in [0.3, 0.4) is 0 Å². The summed E-state index contributed by atoms with van der Waals surface area (Å²) in [5, 5.41) is 16.6. The van der Waals surface area contributed by atoms with Crippen LogP contribution in [-0.2, 0) is 0 Å². The molecule has 0 N–H and O–H groups in total. The molecule has 1 unspecified atom stereocenters. The number of hydrogen-bond acceptors (Lipinski definition) is 4. The maximum absolute atomic E-state index is 8.56. The summed E-state index contributed by atoms with van der Waals surface area (Å²) in [6, 6.07) is 6.13. The molecule has 74 valence electrons. The Morgan fingerprint density at radius 2 is 2.21 bits per heavy atom. The molecule has 0 saturated heterocycles. The van der Waals surface area contributed by atoms with E-state index in [2.05, 4.69) is 16.3 Å². The van der Waals surface area contributed by atoms with E-state index in [4.69, 9.17) is 5.26 Å². The summed E-state index contributed by atoms with van der Waals surface area (Å²) >= 11 is 0. The molecule has 0 aliphatic heterocycles. The summed E-state index contributed by atoms with van der Waals surface area (Å²) < 4.78 is 0. The van der Waals surface area contributed by atoms with E-state index in [0.29, 0.717) is 6.42 Å². The van der Waals surface area contributed by atoms with Gasteiger partial charge in [0.05, 0.1) is 18.2 Å². The molecule has 0 radical (unpaired) electrons. The zero-order valence-electron chi connectivity index (χ0n) is 8.73. The van der Waals surface area contributed by atoms with Crippen molar-refractivity contribution in [2.45, 2.75) is 26.3 Å². The predicted octanol–water partition coefficient (Wildman–Crippen LogP) is 1.52. The van der Waals surface area contributed by atoms with Crippen molar-refractivity contribution in [3.8, 4) is 6.07 Å². The predicted molar refractivity (Wildman–Crippen MR) is 54.9 cm³/mol. The number of anilines is 1. The summed E-state index contributed by atoms with van der Waals surface area (Å²) in [5.74, 6) is 0.804. The van der Waals surface area contributed by atoms with Gasteiger partial charge >= 0.3 is 0 Å². The number of nitrogens with zero attached hydrogens (tertiary/aromatic N) is 4. The van der Waals surface area contributed by atoms with Gasteiger partial charge in [-0.2, -0.15) is 10.4 Å². The highest BCUT2D eigenvalue weighted by atomic mass is 15.3. The minimum atomic E-state index is 0.164. The lowest BCUT2D eigenvalue weighted by molar-refractivity contribution is 0.686. The van der Waals surface area contributed by atoms with Crippen LogP contribution in [0.4, 0.5) is 5.82 Å².